The predicted octanol–water partition coefficient (Wildman–Crippen LogP) is 4.34. The lowest BCUT2D eigenvalue weighted by Gasteiger charge is -2.07. The maximum absolute atomic E-state index is 11.9. The van der Waals surface area contributed by atoms with Crippen LogP contribution in [0.25, 0.3) is 6.08 Å². The minimum absolute atomic E-state index is 0.0769. The Labute approximate surface area is 137 Å². The molecule has 2 N–H and O–H groups in total. The Bertz CT molecular complexity index is 757. The number of anilines is 1. The molecule has 112 valence electrons. The van der Waals surface area contributed by atoms with Crippen molar-refractivity contribution in [3.8, 4) is 0 Å². The molecule has 0 saturated carbocycles. The van der Waals surface area contributed by atoms with Gasteiger partial charge < -0.3 is 10.4 Å². The molecule has 4 nitrogen and oxygen atoms in total. The number of halogens is 2. The van der Waals surface area contributed by atoms with E-state index >= 15 is 0 Å². The molecule has 2 rings (SSSR count). The van der Waals surface area contributed by atoms with Crippen LogP contribution in [0.5, 0.6) is 0 Å². The molecule has 1 amide bonds. The number of nitrogens with one attached hydrogen (secondary N) is 1. The van der Waals surface area contributed by atoms with Crippen LogP contribution in [-0.4, -0.2) is 17.0 Å². The Morgan fingerprint density at radius 1 is 1.09 bits per heavy atom. The van der Waals surface area contributed by atoms with Crippen LogP contribution in [-0.2, 0) is 4.79 Å². The maximum Gasteiger partial charge on any atom is 0.337 e. The van der Waals surface area contributed by atoms with E-state index < -0.39 is 11.9 Å². The number of carboxylic acid groups (broad SMARTS) is 1. The summed E-state index contributed by atoms with van der Waals surface area (Å²) in [6.45, 7) is 0. The van der Waals surface area contributed by atoms with E-state index in [1.807, 2.05) is 0 Å². The van der Waals surface area contributed by atoms with Crippen LogP contribution in [0.4, 0.5) is 5.69 Å². The van der Waals surface area contributed by atoms with E-state index in [0.29, 0.717) is 10.6 Å². The molecular weight excluding hydrogens is 325 g/mol. The molecule has 2 aromatic rings. The quantitative estimate of drug-likeness (QED) is 0.816. The zero-order chi connectivity index (χ0) is 16.1. The Kier molecular flexibility index (Phi) is 5.20. The van der Waals surface area contributed by atoms with E-state index in [1.165, 1.54) is 24.3 Å². The molecule has 0 atom stereocenters. The normalized spacial score (nSPS) is 10.6. The summed E-state index contributed by atoms with van der Waals surface area (Å²) >= 11 is 11.7. The molecule has 0 bridgehead atoms. The zero-order valence-corrected chi connectivity index (χ0v) is 12.7. The molecule has 0 aliphatic rings. The molecule has 2 aromatic carbocycles. The number of carboxylic acids is 1. The summed E-state index contributed by atoms with van der Waals surface area (Å²) in [4.78, 5) is 23.0. The monoisotopic (exact) mass is 335 g/mol. The van der Waals surface area contributed by atoms with Crippen molar-refractivity contribution in [2.24, 2.45) is 0 Å². The van der Waals surface area contributed by atoms with Crippen molar-refractivity contribution in [2.75, 3.05) is 5.32 Å². The summed E-state index contributed by atoms with van der Waals surface area (Å²) in [6, 6.07) is 11.3. The number of rotatable bonds is 4. The Balaban J connectivity index is 2.16. The molecule has 0 saturated heterocycles. The van der Waals surface area contributed by atoms with Crippen LogP contribution in [0.2, 0.25) is 10.0 Å². The third kappa shape index (κ3) is 4.10. The van der Waals surface area contributed by atoms with Gasteiger partial charge in [0.2, 0.25) is 5.91 Å². The van der Waals surface area contributed by atoms with Gasteiger partial charge in [-0.3, -0.25) is 4.79 Å². The minimum atomic E-state index is -1.17. The highest BCUT2D eigenvalue weighted by molar-refractivity contribution is 6.32. The number of aromatic carboxylic acids is 1. The summed E-state index contributed by atoms with van der Waals surface area (Å²) in [5, 5.41) is 12.4. The summed E-state index contributed by atoms with van der Waals surface area (Å²) in [6.07, 6.45) is 2.83. The van der Waals surface area contributed by atoms with Crippen LogP contribution in [0, 0.1) is 0 Å². The molecular formula is C16H11Cl2NO3. The fraction of sp³-hybridized carbons (Fsp3) is 0. The van der Waals surface area contributed by atoms with Crippen LogP contribution in [0.15, 0.2) is 48.5 Å². The largest absolute Gasteiger partial charge is 0.478 e. The van der Waals surface area contributed by atoms with Crippen molar-refractivity contribution >= 4 is 46.8 Å². The number of hydrogen-bond acceptors (Lipinski definition) is 2. The van der Waals surface area contributed by atoms with Gasteiger partial charge in [0.15, 0.2) is 0 Å². The van der Waals surface area contributed by atoms with Crippen molar-refractivity contribution in [1.82, 2.24) is 0 Å². The van der Waals surface area contributed by atoms with Crippen LogP contribution < -0.4 is 5.32 Å². The third-order valence-electron chi connectivity index (χ3n) is 2.79. The molecule has 0 aliphatic carbocycles. The van der Waals surface area contributed by atoms with E-state index in [9.17, 15) is 9.59 Å². The van der Waals surface area contributed by atoms with Gasteiger partial charge in [-0.2, -0.15) is 0 Å². The van der Waals surface area contributed by atoms with Gasteiger partial charge in [-0.25, -0.2) is 4.79 Å². The Morgan fingerprint density at radius 3 is 2.50 bits per heavy atom. The van der Waals surface area contributed by atoms with E-state index in [2.05, 4.69) is 5.32 Å². The van der Waals surface area contributed by atoms with Gasteiger partial charge in [0.25, 0.3) is 0 Å². The molecule has 6 heteroatoms. The van der Waals surface area contributed by atoms with Gasteiger partial charge in [0.05, 0.1) is 11.3 Å². The van der Waals surface area contributed by atoms with Gasteiger partial charge in [0, 0.05) is 16.1 Å². The molecule has 0 spiro atoms. The first-order chi connectivity index (χ1) is 10.5. The number of benzene rings is 2. The fourth-order valence-electron chi connectivity index (χ4n) is 1.75. The van der Waals surface area contributed by atoms with E-state index in [4.69, 9.17) is 28.3 Å². The van der Waals surface area contributed by atoms with Crippen LogP contribution in [0.1, 0.15) is 15.9 Å². The molecule has 0 heterocycles. The SMILES string of the molecule is O=C(/C=C/c1ccccc1Cl)Nc1ccc(Cl)cc1C(=O)O. The molecule has 0 aromatic heterocycles. The molecule has 22 heavy (non-hydrogen) atoms. The van der Waals surface area contributed by atoms with Crippen molar-refractivity contribution in [3.05, 3.63) is 69.7 Å². The van der Waals surface area contributed by atoms with Gasteiger partial charge in [-0.1, -0.05) is 41.4 Å². The maximum atomic E-state index is 11.9. The zero-order valence-electron chi connectivity index (χ0n) is 11.2. The lowest BCUT2D eigenvalue weighted by atomic mass is 10.1. The number of hydrogen-bond donors (Lipinski definition) is 2. The average molecular weight is 336 g/mol. The lowest BCUT2D eigenvalue weighted by molar-refractivity contribution is -0.111. The summed E-state index contributed by atoms with van der Waals surface area (Å²) in [5.41, 5.74) is 0.784. The van der Waals surface area contributed by atoms with Crippen molar-refractivity contribution in [1.29, 1.82) is 0 Å². The van der Waals surface area contributed by atoms with E-state index in [-0.39, 0.29) is 16.3 Å². The van der Waals surface area contributed by atoms with Gasteiger partial charge >= 0.3 is 5.97 Å². The van der Waals surface area contributed by atoms with Gasteiger partial charge in [0.1, 0.15) is 0 Å². The van der Waals surface area contributed by atoms with Crippen LogP contribution in [0.3, 0.4) is 0 Å². The summed E-state index contributed by atoms with van der Waals surface area (Å²) < 4.78 is 0. The second-order valence-electron chi connectivity index (χ2n) is 4.34. The summed E-state index contributed by atoms with van der Waals surface area (Å²) in [7, 11) is 0. The first-order valence-corrected chi connectivity index (χ1v) is 6.99. The minimum Gasteiger partial charge on any atom is -0.478 e. The van der Waals surface area contributed by atoms with Crippen molar-refractivity contribution in [3.63, 3.8) is 0 Å². The Hall–Kier alpha value is -2.30. The standard InChI is InChI=1S/C16H11Cl2NO3/c17-11-6-7-14(12(9-11)16(21)22)19-15(20)8-5-10-3-1-2-4-13(10)18/h1-9H,(H,19,20)(H,21,22)/b8-5+. The van der Waals surface area contributed by atoms with Crippen molar-refractivity contribution in [2.45, 2.75) is 0 Å². The second kappa shape index (κ2) is 7.11. The molecule has 0 unspecified atom stereocenters. The first kappa shape index (κ1) is 16.1. The number of carbonyl (C=O) groups is 2. The van der Waals surface area contributed by atoms with Crippen molar-refractivity contribution < 1.29 is 14.7 Å². The van der Waals surface area contributed by atoms with Crippen LogP contribution >= 0.6 is 23.2 Å². The fourth-order valence-corrected chi connectivity index (χ4v) is 2.12. The predicted molar refractivity (Wildman–Crippen MR) is 87.5 cm³/mol. The van der Waals surface area contributed by atoms with Gasteiger partial charge in [-0.15, -0.1) is 0 Å². The Morgan fingerprint density at radius 2 is 1.82 bits per heavy atom. The highest BCUT2D eigenvalue weighted by Gasteiger charge is 2.12. The third-order valence-corrected chi connectivity index (χ3v) is 3.37. The topological polar surface area (TPSA) is 66.4 Å². The highest BCUT2D eigenvalue weighted by atomic mass is 35.5. The molecule has 0 fully saturated rings. The second-order valence-corrected chi connectivity index (χ2v) is 5.18. The number of carbonyl (C=O) groups excluding carboxylic acids is 1. The summed E-state index contributed by atoms with van der Waals surface area (Å²) in [5.74, 6) is -1.64. The molecule has 0 radical (unpaired) electrons. The number of amides is 1. The average Bonchev–Trinajstić information content (AvgIpc) is 2.48. The van der Waals surface area contributed by atoms with E-state index in [1.54, 1.807) is 30.3 Å². The van der Waals surface area contributed by atoms with Gasteiger partial charge in [-0.05, 0) is 35.9 Å². The molecule has 0 aliphatic heterocycles. The highest BCUT2D eigenvalue weighted by Crippen LogP contribution is 2.21. The lowest BCUT2D eigenvalue weighted by Crippen LogP contribution is -2.12. The smallest absolute Gasteiger partial charge is 0.337 e. The van der Waals surface area contributed by atoms with E-state index in [0.717, 1.165) is 0 Å². The first-order valence-electron chi connectivity index (χ1n) is 6.24.